The largest absolute Gasteiger partial charge is 0.452 e. The third-order valence-electron chi connectivity index (χ3n) is 3.69. The highest BCUT2D eigenvalue weighted by Gasteiger charge is 2.33. The lowest BCUT2D eigenvalue weighted by atomic mass is 10.1. The molecule has 9 heteroatoms. The third kappa shape index (κ3) is 5.50. The first-order valence-electron chi connectivity index (χ1n) is 7.89. The lowest BCUT2D eigenvalue weighted by Crippen LogP contribution is -2.25. The van der Waals surface area contributed by atoms with Gasteiger partial charge in [-0.2, -0.15) is 13.2 Å². The molecular weight excluding hydrogens is 397 g/mol. The van der Waals surface area contributed by atoms with Crippen LogP contribution in [0.1, 0.15) is 11.1 Å². The van der Waals surface area contributed by atoms with Gasteiger partial charge in [0, 0.05) is 24.5 Å². The van der Waals surface area contributed by atoms with Crippen molar-refractivity contribution in [2.24, 2.45) is 0 Å². The monoisotopic (exact) mass is 412 g/mol. The van der Waals surface area contributed by atoms with Crippen LogP contribution in [0, 0.1) is 0 Å². The molecule has 0 atom stereocenters. The van der Waals surface area contributed by atoms with Crippen molar-refractivity contribution in [2.75, 3.05) is 24.4 Å². The summed E-state index contributed by atoms with van der Waals surface area (Å²) in [6.07, 6.45) is -2.76. The summed E-state index contributed by atoms with van der Waals surface area (Å²) in [6.45, 7) is 0. The molecule has 5 nitrogen and oxygen atoms in total. The van der Waals surface area contributed by atoms with Crippen LogP contribution in [0.15, 0.2) is 48.5 Å². The Morgan fingerprint density at radius 2 is 1.79 bits per heavy atom. The number of hydrogen-bond acceptors (Lipinski definition) is 3. The molecule has 0 radical (unpaired) electrons. The van der Waals surface area contributed by atoms with Crippen LogP contribution in [-0.4, -0.2) is 26.2 Å². The zero-order chi connectivity index (χ0) is 20.9. The normalized spacial score (nSPS) is 11.4. The Balaban J connectivity index is 2.05. The number of hydrogen-bond donors (Lipinski definition) is 1. The predicted octanol–water partition coefficient (Wildman–Crippen LogP) is 5.21. The quantitative estimate of drug-likeness (QED) is 0.701. The minimum atomic E-state index is -4.58. The van der Waals surface area contributed by atoms with E-state index in [1.165, 1.54) is 31.2 Å². The van der Waals surface area contributed by atoms with E-state index in [9.17, 15) is 22.8 Å². The van der Waals surface area contributed by atoms with Gasteiger partial charge in [0.05, 0.1) is 17.7 Å². The highest BCUT2D eigenvalue weighted by Crippen LogP contribution is 2.35. The molecule has 0 aliphatic heterocycles. The van der Waals surface area contributed by atoms with Crippen molar-refractivity contribution in [3.05, 3.63) is 64.7 Å². The van der Waals surface area contributed by atoms with Gasteiger partial charge >= 0.3 is 12.3 Å². The molecule has 1 N–H and O–H groups in total. The lowest BCUT2D eigenvalue weighted by molar-refractivity contribution is -0.137. The molecular formula is C19H16ClF3N2O3. The summed E-state index contributed by atoms with van der Waals surface area (Å²) in [5.41, 5.74) is 0.217. The number of methoxy groups -OCH3 is 1. The summed E-state index contributed by atoms with van der Waals surface area (Å²) in [7, 11) is 2.79. The Bertz CT molecular complexity index is 896. The summed E-state index contributed by atoms with van der Waals surface area (Å²) in [6, 6.07) is 9.71. The molecule has 0 unspecified atom stereocenters. The molecule has 2 aromatic carbocycles. The number of rotatable bonds is 4. The van der Waals surface area contributed by atoms with E-state index in [2.05, 4.69) is 10.1 Å². The maximum Gasteiger partial charge on any atom is 0.417 e. The van der Waals surface area contributed by atoms with E-state index in [0.29, 0.717) is 11.4 Å². The van der Waals surface area contributed by atoms with Crippen molar-refractivity contribution in [1.29, 1.82) is 0 Å². The van der Waals surface area contributed by atoms with E-state index in [1.54, 1.807) is 24.3 Å². The SMILES string of the molecule is COC(=O)N(C)c1ccc(NC(=O)/C=C/c2ccc(Cl)c(C(F)(F)F)c2)cc1. The second-order valence-electron chi connectivity index (χ2n) is 5.64. The van der Waals surface area contributed by atoms with Crippen molar-refractivity contribution < 1.29 is 27.5 Å². The standard InChI is InChI=1S/C19H16ClF3N2O3/c1-25(18(27)28-2)14-7-5-13(6-8-14)24-17(26)10-4-12-3-9-16(20)15(11-12)19(21,22)23/h3-11H,1-2H3,(H,24,26)/b10-4+. The van der Waals surface area contributed by atoms with Crippen LogP contribution in [-0.2, 0) is 15.7 Å². The molecule has 0 aliphatic rings. The van der Waals surface area contributed by atoms with Gasteiger partial charge in [0.1, 0.15) is 0 Å². The summed E-state index contributed by atoms with van der Waals surface area (Å²) in [5.74, 6) is -0.530. The number of amides is 2. The number of alkyl halides is 3. The number of anilines is 2. The van der Waals surface area contributed by atoms with E-state index in [1.807, 2.05) is 0 Å². The summed E-state index contributed by atoms with van der Waals surface area (Å²) in [5, 5.41) is 2.16. The molecule has 148 valence electrons. The van der Waals surface area contributed by atoms with Crippen LogP contribution >= 0.6 is 11.6 Å². The van der Waals surface area contributed by atoms with Crippen molar-refractivity contribution in [3.63, 3.8) is 0 Å². The molecule has 2 amide bonds. The fourth-order valence-corrected chi connectivity index (χ4v) is 2.46. The Morgan fingerprint density at radius 1 is 1.14 bits per heavy atom. The Labute approximate surface area is 164 Å². The van der Waals surface area contributed by atoms with E-state index < -0.39 is 28.8 Å². The zero-order valence-electron chi connectivity index (χ0n) is 14.9. The molecule has 0 spiro atoms. The number of nitrogens with zero attached hydrogens (tertiary/aromatic N) is 1. The first kappa shape index (κ1) is 21.3. The summed E-state index contributed by atoms with van der Waals surface area (Å²) in [4.78, 5) is 24.7. The highest BCUT2D eigenvalue weighted by atomic mass is 35.5. The van der Waals surface area contributed by atoms with Crippen molar-refractivity contribution in [3.8, 4) is 0 Å². The molecule has 0 saturated heterocycles. The van der Waals surface area contributed by atoms with Gasteiger partial charge in [0.2, 0.25) is 5.91 Å². The second-order valence-corrected chi connectivity index (χ2v) is 6.04. The predicted molar refractivity (Wildman–Crippen MR) is 101 cm³/mol. The van der Waals surface area contributed by atoms with Crippen LogP contribution < -0.4 is 10.2 Å². The van der Waals surface area contributed by atoms with Crippen LogP contribution in [0.4, 0.5) is 29.3 Å². The van der Waals surface area contributed by atoms with Gasteiger partial charge in [-0.15, -0.1) is 0 Å². The Kier molecular flexibility index (Phi) is 6.69. The van der Waals surface area contributed by atoms with Crippen LogP contribution in [0.5, 0.6) is 0 Å². The fraction of sp³-hybridized carbons (Fsp3) is 0.158. The van der Waals surface area contributed by atoms with E-state index in [0.717, 1.165) is 18.2 Å². The van der Waals surface area contributed by atoms with Gasteiger partial charge in [-0.05, 0) is 48.0 Å². The first-order chi connectivity index (χ1) is 13.1. The van der Waals surface area contributed by atoms with Crippen LogP contribution in [0.3, 0.4) is 0 Å². The van der Waals surface area contributed by atoms with Crippen LogP contribution in [0.25, 0.3) is 6.08 Å². The van der Waals surface area contributed by atoms with Gasteiger partial charge in [-0.3, -0.25) is 9.69 Å². The number of nitrogens with one attached hydrogen (secondary N) is 1. The number of halogens is 4. The van der Waals surface area contributed by atoms with E-state index >= 15 is 0 Å². The molecule has 0 aromatic heterocycles. The molecule has 0 saturated carbocycles. The number of carbonyl (C=O) groups is 2. The lowest BCUT2D eigenvalue weighted by Gasteiger charge is -2.15. The smallest absolute Gasteiger partial charge is 0.417 e. The first-order valence-corrected chi connectivity index (χ1v) is 8.27. The molecule has 0 aliphatic carbocycles. The molecule has 0 bridgehead atoms. The maximum absolute atomic E-state index is 12.9. The van der Waals surface area contributed by atoms with Gasteiger partial charge in [0.15, 0.2) is 0 Å². The minimum absolute atomic E-state index is 0.182. The number of ether oxygens (including phenoxy) is 1. The van der Waals surface area contributed by atoms with Gasteiger partial charge in [0.25, 0.3) is 0 Å². The molecule has 2 rings (SSSR count). The summed E-state index contributed by atoms with van der Waals surface area (Å²) < 4.78 is 43.2. The van der Waals surface area contributed by atoms with E-state index in [-0.39, 0.29) is 5.56 Å². The number of benzene rings is 2. The Morgan fingerprint density at radius 3 is 2.36 bits per heavy atom. The summed E-state index contributed by atoms with van der Waals surface area (Å²) >= 11 is 5.56. The topological polar surface area (TPSA) is 58.6 Å². The van der Waals surface area contributed by atoms with Gasteiger partial charge in [-0.25, -0.2) is 4.79 Å². The van der Waals surface area contributed by atoms with E-state index in [4.69, 9.17) is 11.6 Å². The van der Waals surface area contributed by atoms with Gasteiger partial charge < -0.3 is 10.1 Å². The molecule has 0 heterocycles. The minimum Gasteiger partial charge on any atom is -0.452 e. The maximum atomic E-state index is 12.9. The van der Waals surface area contributed by atoms with Crippen molar-refractivity contribution >= 4 is 41.1 Å². The zero-order valence-corrected chi connectivity index (χ0v) is 15.6. The number of carbonyl (C=O) groups excluding carboxylic acids is 2. The third-order valence-corrected chi connectivity index (χ3v) is 4.02. The molecule has 2 aromatic rings. The average molecular weight is 413 g/mol. The second kappa shape index (κ2) is 8.79. The molecule has 28 heavy (non-hydrogen) atoms. The van der Waals surface area contributed by atoms with Crippen LogP contribution in [0.2, 0.25) is 5.02 Å². The highest BCUT2D eigenvalue weighted by molar-refractivity contribution is 6.31. The fourth-order valence-electron chi connectivity index (χ4n) is 2.23. The molecule has 0 fully saturated rings. The average Bonchev–Trinajstić information content (AvgIpc) is 2.65. The van der Waals surface area contributed by atoms with Gasteiger partial charge in [-0.1, -0.05) is 17.7 Å². The Hall–Kier alpha value is -3.00. The van der Waals surface area contributed by atoms with Crippen molar-refractivity contribution in [2.45, 2.75) is 6.18 Å². The van der Waals surface area contributed by atoms with Crippen molar-refractivity contribution in [1.82, 2.24) is 0 Å².